The molecule has 1 amide bonds. The minimum Gasteiger partial charge on any atom is -0.493 e. The molecule has 2 rings (SSSR count). The monoisotopic (exact) mass is 375 g/mol. The number of halogens is 2. The Bertz CT molecular complexity index is 859. The summed E-state index contributed by atoms with van der Waals surface area (Å²) >= 11 is 0. The van der Waals surface area contributed by atoms with Gasteiger partial charge in [-0.05, 0) is 29.8 Å². The summed E-state index contributed by atoms with van der Waals surface area (Å²) in [5.41, 5.74) is 0.772. The van der Waals surface area contributed by atoms with Crippen molar-refractivity contribution < 1.29 is 27.8 Å². The van der Waals surface area contributed by atoms with E-state index >= 15 is 0 Å². The zero-order chi connectivity index (χ0) is 19.6. The second-order valence-electron chi connectivity index (χ2n) is 5.36. The van der Waals surface area contributed by atoms with Crippen LogP contribution in [0.3, 0.4) is 0 Å². The van der Waals surface area contributed by atoms with E-state index in [1.165, 1.54) is 20.3 Å². The first-order chi connectivity index (χ1) is 13.0. The lowest BCUT2D eigenvalue weighted by Crippen LogP contribution is -2.25. The van der Waals surface area contributed by atoms with Crippen LogP contribution in [-0.4, -0.2) is 33.3 Å². The molecule has 0 unspecified atom stereocenters. The Labute approximate surface area is 156 Å². The number of ether oxygens (including phenoxy) is 3. The third-order valence-electron chi connectivity index (χ3n) is 3.51. The lowest BCUT2D eigenvalue weighted by Gasteiger charge is -2.09. The Morgan fingerprint density at radius 3 is 2.44 bits per heavy atom. The number of methoxy groups -OCH3 is 2. The topological polar surface area (TPSA) is 56.8 Å². The molecular weight excluding hydrogens is 356 g/mol. The van der Waals surface area contributed by atoms with E-state index in [-0.39, 0.29) is 31.2 Å². The third kappa shape index (κ3) is 6.19. The van der Waals surface area contributed by atoms with E-state index in [2.05, 4.69) is 17.2 Å². The molecule has 0 saturated heterocycles. The average molecular weight is 375 g/mol. The van der Waals surface area contributed by atoms with Gasteiger partial charge >= 0.3 is 0 Å². The molecule has 7 heteroatoms. The average Bonchev–Trinajstić information content (AvgIpc) is 2.65. The fourth-order valence-corrected chi connectivity index (χ4v) is 2.20. The van der Waals surface area contributed by atoms with E-state index in [1.807, 2.05) is 0 Å². The number of nitrogens with one attached hydrogen (secondary N) is 1. The van der Waals surface area contributed by atoms with Crippen molar-refractivity contribution in [2.24, 2.45) is 0 Å². The predicted molar refractivity (Wildman–Crippen MR) is 95.9 cm³/mol. The van der Waals surface area contributed by atoms with E-state index in [9.17, 15) is 13.6 Å². The number of carbonyl (C=O) groups is 1. The van der Waals surface area contributed by atoms with Crippen LogP contribution in [-0.2, 0) is 11.2 Å². The lowest BCUT2D eigenvalue weighted by molar-refractivity contribution is -0.120. The summed E-state index contributed by atoms with van der Waals surface area (Å²) in [5, 5.41) is 2.65. The molecule has 0 saturated carbocycles. The van der Waals surface area contributed by atoms with Crippen molar-refractivity contribution in [1.29, 1.82) is 0 Å². The molecule has 0 spiro atoms. The van der Waals surface area contributed by atoms with Gasteiger partial charge in [-0.15, -0.1) is 0 Å². The smallest absolute Gasteiger partial charge is 0.225 e. The van der Waals surface area contributed by atoms with Gasteiger partial charge in [0.25, 0.3) is 0 Å². The van der Waals surface area contributed by atoms with Gasteiger partial charge in [0, 0.05) is 6.07 Å². The Kier molecular flexibility index (Phi) is 7.44. The molecule has 0 aliphatic rings. The van der Waals surface area contributed by atoms with Gasteiger partial charge in [0.05, 0.1) is 27.2 Å². The van der Waals surface area contributed by atoms with Crippen LogP contribution in [0.2, 0.25) is 0 Å². The largest absolute Gasteiger partial charge is 0.493 e. The summed E-state index contributed by atoms with van der Waals surface area (Å²) in [6.07, 6.45) is 0.166. The highest BCUT2D eigenvalue weighted by Gasteiger charge is 2.08. The number of carbonyl (C=O) groups excluding carboxylic acids is 1. The van der Waals surface area contributed by atoms with Gasteiger partial charge in [-0.25, -0.2) is 8.78 Å². The molecule has 0 aliphatic heterocycles. The first-order valence-electron chi connectivity index (χ1n) is 8.04. The highest BCUT2D eigenvalue weighted by Crippen LogP contribution is 2.27. The van der Waals surface area contributed by atoms with Gasteiger partial charge in [0.2, 0.25) is 5.91 Å². The van der Waals surface area contributed by atoms with E-state index in [0.717, 1.165) is 17.7 Å². The van der Waals surface area contributed by atoms with Crippen LogP contribution in [0.15, 0.2) is 36.4 Å². The highest BCUT2D eigenvalue weighted by atomic mass is 19.1. The van der Waals surface area contributed by atoms with Gasteiger partial charge in [-0.3, -0.25) is 4.79 Å². The number of rotatable bonds is 7. The summed E-state index contributed by atoms with van der Waals surface area (Å²) < 4.78 is 41.6. The van der Waals surface area contributed by atoms with Crippen LogP contribution in [0.25, 0.3) is 0 Å². The summed E-state index contributed by atoms with van der Waals surface area (Å²) in [7, 11) is 3.06. The highest BCUT2D eigenvalue weighted by molar-refractivity contribution is 5.79. The van der Waals surface area contributed by atoms with Gasteiger partial charge in [0.1, 0.15) is 12.4 Å². The molecule has 2 aromatic carbocycles. The summed E-state index contributed by atoms with van der Waals surface area (Å²) in [6.45, 7) is 0.0511. The second kappa shape index (κ2) is 10.0. The molecule has 142 valence electrons. The molecule has 2 aromatic rings. The van der Waals surface area contributed by atoms with Crippen molar-refractivity contribution in [1.82, 2.24) is 5.32 Å². The van der Waals surface area contributed by atoms with Gasteiger partial charge in [-0.2, -0.15) is 0 Å². The molecule has 0 bridgehead atoms. The van der Waals surface area contributed by atoms with Crippen molar-refractivity contribution in [2.75, 3.05) is 27.4 Å². The first-order valence-corrected chi connectivity index (χ1v) is 8.04. The second-order valence-corrected chi connectivity index (χ2v) is 5.36. The van der Waals surface area contributed by atoms with E-state index in [4.69, 9.17) is 14.2 Å². The fourth-order valence-electron chi connectivity index (χ4n) is 2.20. The standard InChI is InChI=1S/C20H19F2NO4/c1-25-18-7-5-14(11-19(18)26-2)12-20(24)23-9-3-4-10-27-17-8-6-15(21)13-16(17)22/h5-8,11,13H,9-10,12H2,1-2H3,(H,23,24). The molecule has 0 fully saturated rings. The molecule has 0 aliphatic carbocycles. The molecule has 1 N–H and O–H groups in total. The molecule has 0 atom stereocenters. The van der Waals surface area contributed by atoms with Crippen LogP contribution >= 0.6 is 0 Å². The van der Waals surface area contributed by atoms with Crippen LogP contribution in [0.5, 0.6) is 17.2 Å². The molecule has 5 nitrogen and oxygen atoms in total. The Morgan fingerprint density at radius 1 is 1.00 bits per heavy atom. The first kappa shape index (κ1) is 20.0. The van der Waals surface area contributed by atoms with Crippen LogP contribution in [0, 0.1) is 23.5 Å². The van der Waals surface area contributed by atoms with Crippen molar-refractivity contribution in [3.05, 3.63) is 53.6 Å². The summed E-state index contributed by atoms with van der Waals surface area (Å²) in [6, 6.07) is 8.26. The maximum Gasteiger partial charge on any atom is 0.225 e. The molecule has 0 aromatic heterocycles. The Hall–Kier alpha value is -3.27. The minimum absolute atomic E-state index is 0.0753. The summed E-state index contributed by atoms with van der Waals surface area (Å²) in [5.74, 6) is 4.72. The zero-order valence-corrected chi connectivity index (χ0v) is 15.0. The Balaban J connectivity index is 1.76. The van der Waals surface area contributed by atoms with Crippen molar-refractivity contribution in [2.45, 2.75) is 6.42 Å². The maximum absolute atomic E-state index is 13.4. The quantitative estimate of drug-likeness (QED) is 0.756. The lowest BCUT2D eigenvalue weighted by atomic mass is 10.1. The number of hydrogen-bond acceptors (Lipinski definition) is 4. The van der Waals surface area contributed by atoms with Crippen LogP contribution < -0.4 is 19.5 Å². The van der Waals surface area contributed by atoms with E-state index in [0.29, 0.717) is 11.5 Å². The molecular formula is C20H19F2NO4. The van der Waals surface area contributed by atoms with Crippen molar-refractivity contribution >= 4 is 5.91 Å². The number of amides is 1. The van der Waals surface area contributed by atoms with Gasteiger partial charge in [0.15, 0.2) is 23.1 Å². The van der Waals surface area contributed by atoms with Crippen molar-refractivity contribution in [3.63, 3.8) is 0 Å². The molecule has 27 heavy (non-hydrogen) atoms. The van der Waals surface area contributed by atoms with Gasteiger partial charge in [-0.1, -0.05) is 17.9 Å². The van der Waals surface area contributed by atoms with Crippen LogP contribution in [0.1, 0.15) is 5.56 Å². The third-order valence-corrected chi connectivity index (χ3v) is 3.51. The van der Waals surface area contributed by atoms with E-state index < -0.39 is 11.6 Å². The van der Waals surface area contributed by atoms with E-state index in [1.54, 1.807) is 18.2 Å². The van der Waals surface area contributed by atoms with Crippen molar-refractivity contribution in [3.8, 4) is 29.1 Å². The molecule has 0 radical (unpaired) electrons. The fraction of sp³-hybridized carbons (Fsp3) is 0.250. The molecule has 0 heterocycles. The number of benzene rings is 2. The maximum atomic E-state index is 13.4. The SMILES string of the molecule is COc1ccc(CC(=O)NCC#CCOc2ccc(F)cc2F)cc1OC. The van der Waals surface area contributed by atoms with Gasteiger partial charge < -0.3 is 19.5 Å². The Morgan fingerprint density at radius 2 is 1.74 bits per heavy atom. The normalized spacial score (nSPS) is 9.78. The van der Waals surface area contributed by atoms with Crippen LogP contribution in [0.4, 0.5) is 8.78 Å². The zero-order valence-electron chi connectivity index (χ0n) is 15.0. The predicted octanol–water partition coefficient (Wildman–Crippen LogP) is 2.72. The summed E-state index contributed by atoms with van der Waals surface area (Å²) in [4.78, 5) is 11.9. The number of hydrogen-bond donors (Lipinski definition) is 1. The minimum atomic E-state index is -0.792.